The lowest BCUT2D eigenvalue weighted by Crippen LogP contribution is -2.01. The van der Waals surface area contributed by atoms with E-state index < -0.39 is 5.97 Å². The topological polar surface area (TPSA) is 26.3 Å². The quantitative estimate of drug-likeness (QED) is 0.528. The molecule has 2 rings (SSSR count). The van der Waals surface area contributed by atoms with Crippen LogP contribution in [0.1, 0.15) is 11.7 Å². The van der Waals surface area contributed by atoms with Crippen LogP contribution in [0.15, 0.2) is 37.4 Å². The molecular formula is C10H5BrClIO2. The van der Waals surface area contributed by atoms with Gasteiger partial charge < -0.3 is 4.74 Å². The Morgan fingerprint density at radius 1 is 1.33 bits per heavy atom. The summed E-state index contributed by atoms with van der Waals surface area (Å²) in [6, 6.07) is 7.60. The molecule has 1 aromatic carbocycles. The summed E-state index contributed by atoms with van der Waals surface area (Å²) >= 11 is 11.2. The van der Waals surface area contributed by atoms with Crippen LogP contribution in [0, 0.1) is 0 Å². The third-order valence-corrected chi connectivity index (χ3v) is 4.33. The zero-order valence-corrected chi connectivity index (χ0v) is 11.8. The molecule has 0 spiro atoms. The highest BCUT2D eigenvalue weighted by Crippen LogP contribution is 2.40. The highest BCUT2D eigenvalue weighted by atomic mass is 127. The maximum atomic E-state index is 11.2. The largest absolute Gasteiger partial charge is 0.448 e. The van der Waals surface area contributed by atoms with Crippen LogP contribution < -0.4 is 0 Å². The molecule has 1 aliphatic heterocycles. The number of cyclic esters (lactones) is 1. The van der Waals surface area contributed by atoms with E-state index in [0.29, 0.717) is 0 Å². The minimum absolute atomic E-state index is 0.184. The summed E-state index contributed by atoms with van der Waals surface area (Å²) in [6.07, 6.45) is -0.348. The van der Waals surface area contributed by atoms with Crippen molar-refractivity contribution in [1.29, 1.82) is 0 Å². The first-order valence-electron chi connectivity index (χ1n) is 4.11. The van der Waals surface area contributed by atoms with Crippen molar-refractivity contribution in [1.82, 2.24) is 0 Å². The Kier molecular flexibility index (Phi) is 3.37. The van der Waals surface area contributed by atoms with Crippen molar-refractivity contribution in [2.24, 2.45) is 0 Å². The van der Waals surface area contributed by atoms with E-state index in [-0.39, 0.29) is 11.1 Å². The number of esters is 1. The molecule has 15 heavy (non-hydrogen) atoms. The van der Waals surface area contributed by atoms with E-state index in [4.69, 9.17) is 16.3 Å². The first kappa shape index (κ1) is 11.4. The molecule has 5 heteroatoms. The van der Waals surface area contributed by atoms with Crippen LogP contribution in [0.4, 0.5) is 0 Å². The van der Waals surface area contributed by atoms with Crippen LogP contribution >= 0.6 is 50.1 Å². The second-order valence-electron chi connectivity index (χ2n) is 3.00. The number of ether oxygens (including phenoxy) is 1. The highest BCUT2D eigenvalue weighted by Gasteiger charge is 2.32. The first-order chi connectivity index (χ1) is 7.09. The van der Waals surface area contributed by atoms with Gasteiger partial charge >= 0.3 is 5.97 Å². The second kappa shape index (κ2) is 4.43. The van der Waals surface area contributed by atoms with E-state index >= 15 is 0 Å². The van der Waals surface area contributed by atoms with E-state index in [9.17, 15) is 4.79 Å². The molecule has 0 radical (unpaired) electrons. The lowest BCUT2D eigenvalue weighted by atomic mass is 10.1. The maximum Gasteiger partial charge on any atom is 0.351 e. The van der Waals surface area contributed by atoms with Gasteiger partial charge in [-0.1, -0.05) is 39.7 Å². The minimum Gasteiger partial charge on any atom is -0.448 e. The molecule has 1 atom stereocenters. The molecule has 78 valence electrons. The van der Waals surface area contributed by atoms with Crippen LogP contribution in [0.5, 0.6) is 0 Å². The Morgan fingerprint density at radius 3 is 2.40 bits per heavy atom. The van der Waals surface area contributed by atoms with Gasteiger partial charge in [0, 0.05) is 4.47 Å². The Bertz CT molecular complexity index is 441. The van der Waals surface area contributed by atoms with Gasteiger partial charge in [-0.05, 0) is 40.3 Å². The second-order valence-corrected chi connectivity index (χ2v) is 5.45. The number of hydrogen-bond acceptors (Lipinski definition) is 2. The fraction of sp³-hybridized carbons (Fsp3) is 0.100. The molecule has 0 aliphatic carbocycles. The van der Waals surface area contributed by atoms with Gasteiger partial charge in [0.2, 0.25) is 0 Å². The van der Waals surface area contributed by atoms with Gasteiger partial charge in [-0.25, -0.2) is 4.79 Å². The molecule has 0 saturated heterocycles. The molecule has 0 aromatic heterocycles. The van der Waals surface area contributed by atoms with Crippen LogP contribution in [-0.2, 0) is 9.53 Å². The van der Waals surface area contributed by atoms with E-state index in [1.807, 2.05) is 46.9 Å². The predicted octanol–water partition coefficient (Wildman–Crippen LogP) is 3.93. The monoisotopic (exact) mass is 398 g/mol. The Hall–Kier alpha value is -0.0700. The average Bonchev–Trinajstić information content (AvgIpc) is 2.47. The van der Waals surface area contributed by atoms with Gasteiger partial charge in [0.15, 0.2) is 6.10 Å². The van der Waals surface area contributed by atoms with Gasteiger partial charge in [-0.3, -0.25) is 0 Å². The Balaban J connectivity index is 2.35. The molecule has 2 nitrogen and oxygen atoms in total. The van der Waals surface area contributed by atoms with Gasteiger partial charge in [-0.15, -0.1) is 0 Å². The SMILES string of the molecule is O=C1OC(c2ccc(Br)cc2)C(I)=C1Cl. The Morgan fingerprint density at radius 2 is 1.93 bits per heavy atom. The first-order valence-corrected chi connectivity index (χ1v) is 6.36. The standard InChI is InChI=1S/C10H5BrClIO2/c11-6-3-1-5(2-4-6)9-8(13)7(12)10(14)15-9/h1-4,9H. The van der Waals surface area contributed by atoms with Crippen molar-refractivity contribution in [3.05, 3.63) is 42.9 Å². The van der Waals surface area contributed by atoms with Crippen molar-refractivity contribution in [3.63, 3.8) is 0 Å². The summed E-state index contributed by atoms with van der Waals surface area (Å²) in [5, 5.41) is 0.184. The van der Waals surface area contributed by atoms with Crippen LogP contribution in [0.2, 0.25) is 0 Å². The fourth-order valence-electron chi connectivity index (χ4n) is 1.28. The molecule has 1 heterocycles. The summed E-state index contributed by atoms with van der Waals surface area (Å²) in [5.41, 5.74) is 0.923. The molecule has 0 N–H and O–H groups in total. The van der Waals surface area contributed by atoms with Crippen molar-refractivity contribution >= 4 is 56.1 Å². The summed E-state index contributed by atoms with van der Waals surface area (Å²) in [4.78, 5) is 11.2. The molecule has 1 unspecified atom stereocenters. The summed E-state index contributed by atoms with van der Waals surface area (Å²) in [5.74, 6) is -0.450. The summed E-state index contributed by atoms with van der Waals surface area (Å²) in [6.45, 7) is 0. The fourth-order valence-corrected chi connectivity index (χ4v) is 2.39. The summed E-state index contributed by atoms with van der Waals surface area (Å²) in [7, 11) is 0. The normalized spacial score (nSPS) is 20.7. The zero-order valence-electron chi connectivity index (χ0n) is 7.34. The van der Waals surface area contributed by atoms with Crippen LogP contribution in [0.3, 0.4) is 0 Å². The van der Waals surface area contributed by atoms with Gasteiger partial charge in [0.1, 0.15) is 5.03 Å². The molecular weight excluding hydrogens is 394 g/mol. The molecule has 0 amide bonds. The molecule has 1 aromatic rings. The Labute approximate surface area is 114 Å². The van der Waals surface area contributed by atoms with E-state index in [2.05, 4.69) is 15.9 Å². The van der Waals surface area contributed by atoms with Crippen molar-refractivity contribution in [2.45, 2.75) is 6.10 Å². The van der Waals surface area contributed by atoms with Crippen LogP contribution in [0.25, 0.3) is 0 Å². The maximum absolute atomic E-state index is 11.2. The number of benzene rings is 1. The number of hydrogen-bond donors (Lipinski definition) is 0. The van der Waals surface area contributed by atoms with Gasteiger partial charge in [0.05, 0.1) is 3.58 Å². The van der Waals surface area contributed by atoms with E-state index in [1.54, 1.807) is 0 Å². The van der Waals surface area contributed by atoms with Crippen molar-refractivity contribution in [3.8, 4) is 0 Å². The third-order valence-electron chi connectivity index (χ3n) is 2.02. The molecule has 0 fully saturated rings. The highest BCUT2D eigenvalue weighted by molar-refractivity contribution is 14.1. The van der Waals surface area contributed by atoms with Gasteiger partial charge in [-0.2, -0.15) is 0 Å². The minimum atomic E-state index is -0.450. The molecule has 1 aliphatic rings. The average molecular weight is 399 g/mol. The predicted molar refractivity (Wildman–Crippen MR) is 69.9 cm³/mol. The van der Waals surface area contributed by atoms with Crippen LogP contribution in [-0.4, -0.2) is 5.97 Å². The number of carbonyl (C=O) groups excluding carboxylic acids is 1. The smallest absolute Gasteiger partial charge is 0.351 e. The third kappa shape index (κ3) is 2.21. The lowest BCUT2D eigenvalue weighted by molar-refractivity contribution is -0.139. The summed E-state index contributed by atoms with van der Waals surface area (Å²) < 4.78 is 6.87. The number of carbonyl (C=O) groups is 1. The number of rotatable bonds is 1. The van der Waals surface area contributed by atoms with Crippen molar-refractivity contribution in [2.75, 3.05) is 0 Å². The van der Waals surface area contributed by atoms with E-state index in [1.165, 1.54) is 0 Å². The van der Waals surface area contributed by atoms with E-state index in [0.717, 1.165) is 13.6 Å². The van der Waals surface area contributed by atoms with Crippen molar-refractivity contribution < 1.29 is 9.53 Å². The zero-order chi connectivity index (χ0) is 11.0. The lowest BCUT2D eigenvalue weighted by Gasteiger charge is -2.10. The number of halogens is 3. The molecule has 0 saturated carbocycles. The van der Waals surface area contributed by atoms with Gasteiger partial charge in [0.25, 0.3) is 0 Å². The molecule has 0 bridgehead atoms.